The van der Waals surface area contributed by atoms with E-state index in [4.69, 9.17) is 39.5 Å². The molecule has 4 saturated heterocycles. The summed E-state index contributed by atoms with van der Waals surface area (Å²) in [5, 5.41) is 20.0. The number of methoxy groups -OCH3 is 1. The summed E-state index contributed by atoms with van der Waals surface area (Å²) in [6, 6.07) is 32.7. The Morgan fingerprint density at radius 1 is 0.407 bits per heavy atom. The number of nitrogens with zero attached hydrogens (tertiary/aromatic N) is 6. The summed E-state index contributed by atoms with van der Waals surface area (Å²) in [7, 11) is 1.53. The van der Waals surface area contributed by atoms with Crippen molar-refractivity contribution in [2.75, 3.05) is 33.3 Å². The Balaban J connectivity index is 0.000000132. The third-order valence-corrected chi connectivity index (χ3v) is 19.3. The fourth-order valence-electron chi connectivity index (χ4n) is 13.0. The van der Waals surface area contributed by atoms with E-state index in [9.17, 15) is 70.7 Å². The van der Waals surface area contributed by atoms with Crippen LogP contribution < -0.4 is 47.3 Å². The fraction of sp³-hybridized carbons (Fsp3) is 0.175. The highest BCUT2D eigenvalue weighted by molar-refractivity contribution is 6.32. The standard InChI is InChI=1S/C21H18N4O4.C20H12ClF2N3O3.C20H13ClFN3O3.C19H13ClN4O3/c1-13-14(4-3-9-22-13)7-8-21(19(27)23-20(28)24-21)12-25-11-15-5-6-16(29-2)10-17(15)18(25)26;21-13-2-1-12-9-26(17(27)16(12)7-13)10-20(18(28)24-19(29)25-20)4-3-11-5-14(22)8-15(23)6-11;21-14-5-4-13-10-25(17(26)16(13)9-14)11-20(18(27)23-19(28)24-20)7-6-12-2-1-3-15(22)8-12;20-14-4-3-13-10-24(16(25)15(13)8-14)11-19(17(26)22-18(27)23-19)6-5-12-2-1-7-21-9-12/h3-6,9-10H,11-12H2,1-2H3,(H2,23,24,27,28);1-2,5-8H,9-10H2,(H2,24,25,28,29);1-5,8-9H,10-11H2,(H2,23,24,27,28);1-4,7-9H,10-11H2,(H2,22,23,26,27)/t21-;2*20-;19-/m1111/s1. The number of nitrogens with one attached hydrogen (secondary N) is 8. The second-order valence-corrected chi connectivity index (χ2v) is 27.7. The molecule has 566 valence electrons. The van der Waals surface area contributed by atoms with Crippen molar-refractivity contribution in [2.45, 2.75) is 55.3 Å². The highest BCUT2D eigenvalue weighted by atomic mass is 35.5. The molecule has 4 fully saturated rings. The number of ether oxygens (including phenoxy) is 1. The van der Waals surface area contributed by atoms with Crippen LogP contribution in [0.25, 0.3) is 0 Å². The largest absolute Gasteiger partial charge is 0.497 e. The first-order valence-corrected chi connectivity index (χ1v) is 35.0. The van der Waals surface area contributed by atoms with Gasteiger partial charge >= 0.3 is 24.1 Å². The zero-order chi connectivity index (χ0) is 80.3. The van der Waals surface area contributed by atoms with Gasteiger partial charge in [0.05, 0.1) is 39.0 Å². The summed E-state index contributed by atoms with van der Waals surface area (Å²) in [6.45, 7) is 2.33. The van der Waals surface area contributed by atoms with Crippen LogP contribution in [0.15, 0.2) is 158 Å². The van der Waals surface area contributed by atoms with Crippen molar-refractivity contribution in [1.29, 1.82) is 0 Å². The molecule has 8 N–H and O–H groups in total. The van der Waals surface area contributed by atoms with Gasteiger partial charge in [0.2, 0.25) is 22.2 Å². The minimum atomic E-state index is -1.76. The summed E-state index contributed by atoms with van der Waals surface area (Å²) in [6.07, 6.45) is 4.80. The number of hydrogen-bond acceptors (Lipinski definition) is 15. The topological polar surface area (TPSA) is 349 Å². The highest BCUT2D eigenvalue weighted by Gasteiger charge is 2.52. The zero-order valence-electron chi connectivity index (χ0n) is 58.9. The molecule has 8 aromatic rings. The Labute approximate surface area is 655 Å². The Morgan fingerprint density at radius 2 is 0.770 bits per heavy atom. The van der Waals surface area contributed by atoms with E-state index in [1.54, 1.807) is 117 Å². The molecule has 0 radical (unpaired) electrons. The predicted molar refractivity (Wildman–Crippen MR) is 397 cm³/mol. The van der Waals surface area contributed by atoms with Crippen LogP contribution in [0.3, 0.4) is 0 Å². The van der Waals surface area contributed by atoms with Crippen molar-refractivity contribution in [3.8, 4) is 53.1 Å². The number of carbonyl (C=O) groups is 12. The number of aryl methyl sites for hydroxylation is 1. The number of urea groups is 4. The van der Waals surface area contributed by atoms with Crippen molar-refractivity contribution >= 4 is 106 Å². The molecule has 8 aliphatic rings. The number of fused-ring (bicyclic) bond motifs is 4. The molecule has 0 spiro atoms. The van der Waals surface area contributed by atoms with Crippen LogP contribution in [0.5, 0.6) is 5.75 Å². The molecule has 6 aromatic carbocycles. The first-order valence-electron chi connectivity index (χ1n) is 33.9. The van der Waals surface area contributed by atoms with Crippen LogP contribution in [0, 0.1) is 71.7 Å². The maximum Gasteiger partial charge on any atom is 0.323 e. The number of hydrogen-bond donors (Lipinski definition) is 8. The van der Waals surface area contributed by atoms with Crippen LogP contribution in [-0.4, -0.2) is 156 Å². The van der Waals surface area contributed by atoms with Crippen molar-refractivity contribution in [1.82, 2.24) is 72.1 Å². The van der Waals surface area contributed by atoms with Crippen molar-refractivity contribution in [2.24, 2.45) is 0 Å². The smallest absolute Gasteiger partial charge is 0.323 e. The Morgan fingerprint density at radius 3 is 1.14 bits per heavy atom. The average molecular weight is 1580 g/mol. The minimum Gasteiger partial charge on any atom is -0.497 e. The first-order chi connectivity index (χ1) is 54.0. The van der Waals surface area contributed by atoms with E-state index in [0.717, 1.165) is 34.4 Å². The van der Waals surface area contributed by atoms with E-state index < -0.39 is 87.4 Å². The molecule has 10 heterocycles. The molecule has 27 nitrogen and oxygen atoms in total. The quantitative estimate of drug-likeness (QED) is 0.0559. The number of aromatic nitrogens is 2. The second-order valence-electron chi connectivity index (χ2n) is 26.4. The van der Waals surface area contributed by atoms with Crippen molar-refractivity contribution in [3.63, 3.8) is 0 Å². The van der Waals surface area contributed by atoms with Gasteiger partial charge in [0.15, 0.2) is 0 Å². The summed E-state index contributed by atoms with van der Waals surface area (Å²) in [4.78, 5) is 162. The predicted octanol–water partition coefficient (Wildman–Crippen LogP) is 6.57. The van der Waals surface area contributed by atoms with Gasteiger partial charge in [0.1, 0.15) is 23.2 Å². The summed E-state index contributed by atoms with van der Waals surface area (Å²) >= 11 is 17.9. The molecule has 16 rings (SSSR count). The lowest BCUT2D eigenvalue weighted by molar-refractivity contribution is -0.123. The number of carbonyl (C=O) groups excluding carboxylic acids is 12. The Hall–Kier alpha value is -14.0. The molecule has 2 aromatic heterocycles. The molecular formula is C80H56Cl3F3N14O13. The Bertz CT molecular complexity index is 5730. The van der Waals surface area contributed by atoms with Crippen LogP contribution in [-0.2, 0) is 45.4 Å². The third kappa shape index (κ3) is 16.6. The summed E-state index contributed by atoms with van der Waals surface area (Å²) in [5.41, 5.74) is 0.776. The van der Waals surface area contributed by atoms with Gasteiger partial charge in [-0.1, -0.05) is 112 Å². The van der Waals surface area contributed by atoms with Crippen LogP contribution >= 0.6 is 34.8 Å². The normalized spacial score (nSPS) is 20.2. The molecule has 0 aliphatic carbocycles. The van der Waals surface area contributed by atoms with E-state index >= 15 is 0 Å². The molecule has 8 aliphatic heterocycles. The van der Waals surface area contributed by atoms with Gasteiger partial charge in [-0.3, -0.25) is 69.6 Å². The fourth-order valence-corrected chi connectivity index (χ4v) is 13.5. The SMILES string of the molecule is COc1ccc2c(c1)C(=O)N(C[C@@]1(C#Cc3cccnc3C)NC(=O)NC1=O)C2.O=C1NC(=O)[C@@](C#Cc2cc(F)cc(F)c2)(CN2Cc3ccc(Cl)cc3C2=O)N1.O=C1NC(=O)[C@@](C#Cc2cccc(F)c2)(CN2Cc3ccc(Cl)cc3C2=O)N1.O=C1NC(=O)[C@@](C#Cc2cccnc2)(CN2Cc3ccc(Cl)cc3C2=O)N1. The maximum absolute atomic E-state index is 13.4. The van der Waals surface area contributed by atoms with Crippen molar-refractivity contribution in [3.05, 3.63) is 263 Å². The van der Waals surface area contributed by atoms with Gasteiger partial charge < -0.3 is 45.6 Å². The van der Waals surface area contributed by atoms with Crippen LogP contribution in [0.4, 0.5) is 32.3 Å². The lowest BCUT2D eigenvalue weighted by atomic mass is 9.99. The van der Waals surface area contributed by atoms with Crippen molar-refractivity contribution < 1.29 is 75.4 Å². The minimum absolute atomic E-state index is 0.0151. The lowest BCUT2D eigenvalue weighted by Crippen LogP contribution is -2.54. The number of pyridine rings is 2. The number of benzene rings is 6. The molecule has 0 saturated carbocycles. The number of rotatable bonds is 9. The highest BCUT2D eigenvalue weighted by Crippen LogP contribution is 2.33. The molecule has 0 unspecified atom stereocenters. The van der Waals surface area contributed by atoms with Gasteiger partial charge in [-0.25, -0.2) is 32.3 Å². The third-order valence-electron chi connectivity index (χ3n) is 18.6. The lowest BCUT2D eigenvalue weighted by Gasteiger charge is -2.26. The molecule has 0 bridgehead atoms. The maximum atomic E-state index is 13.4. The van der Waals surface area contributed by atoms with Gasteiger partial charge in [-0.05, 0) is 132 Å². The van der Waals surface area contributed by atoms with Gasteiger partial charge in [0.25, 0.3) is 47.3 Å². The second kappa shape index (κ2) is 31.5. The molecule has 4 atom stereocenters. The first kappa shape index (κ1) is 77.1. The number of amides is 16. The van der Waals surface area contributed by atoms with Crippen LogP contribution in [0.2, 0.25) is 15.1 Å². The molecule has 113 heavy (non-hydrogen) atoms. The molecule has 16 amide bonds. The monoisotopic (exact) mass is 1580 g/mol. The van der Waals surface area contributed by atoms with E-state index in [2.05, 4.69) is 99.9 Å². The van der Waals surface area contributed by atoms with Gasteiger partial charge in [-0.15, -0.1) is 0 Å². The van der Waals surface area contributed by atoms with E-state index in [0.29, 0.717) is 84.6 Å². The number of imide groups is 4. The number of halogens is 6. The van der Waals surface area contributed by atoms with Gasteiger partial charge in [-0.2, -0.15) is 0 Å². The summed E-state index contributed by atoms with van der Waals surface area (Å²) in [5.74, 6) is 16.7. The average Bonchev–Trinajstić information content (AvgIpc) is 1.64. The van der Waals surface area contributed by atoms with E-state index in [-0.39, 0.29) is 68.5 Å². The molecular weight excluding hydrogens is 1530 g/mol. The van der Waals surface area contributed by atoms with Crippen LogP contribution in [0.1, 0.15) is 91.6 Å². The van der Waals surface area contributed by atoms with E-state index in [1.165, 1.54) is 51.0 Å². The summed E-state index contributed by atoms with van der Waals surface area (Å²) < 4.78 is 45.4. The zero-order valence-corrected chi connectivity index (χ0v) is 61.2. The van der Waals surface area contributed by atoms with Gasteiger partial charge in [0, 0.05) is 110 Å². The van der Waals surface area contributed by atoms with E-state index in [1.807, 2.05) is 6.07 Å². The molecule has 33 heteroatoms. The Kier molecular flexibility index (Phi) is 21.5.